The summed E-state index contributed by atoms with van der Waals surface area (Å²) in [6, 6.07) is 5.48. The third-order valence-corrected chi connectivity index (χ3v) is 2.71. The van der Waals surface area contributed by atoms with Crippen LogP contribution in [-0.4, -0.2) is 17.6 Å². The van der Waals surface area contributed by atoms with Crippen LogP contribution in [0.4, 0.5) is 0 Å². The molecule has 1 unspecified atom stereocenters. The topological polar surface area (TPSA) is 39.2 Å². The molecule has 0 amide bonds. The van der Waals surface area contributed by atoms with Crippen LogP contribution < -0.4 is 0 Å². The average Bonchev–Trinajstić information content (AvgIpc) is 2.97. The normalized spacial score (nSPS) is 23.6. The van der Waals surface area contributed by atoms with Crippen LogP contribution in [0.2, 0.25) is 5.15 Å². The maximum atomic E-state index is 11.4. The van der Waals surface area contributed by atoms with Gasteiger partial charge in [-0.15, -0.1) is 0 Å². The highest BCUT2D eigenvalue weighted by Gasteiger charge is 2.46. The fourth-order valence-corrected chi connectivity index (χ4v) is 1.83. The maximum Gasteiger partial charge on any atom is 0.309 e. The molecular weight excluding hydrogens is 214 g/mol. The summed E-state index contributed by atoms with van der Waals surface area (Å²) in [5.74, 6) is 0.0583. The van der Waals surface area contributed by atoms with E-state index in [0.717, 1.165) is 12.1 Å². The van der Waals surface area contributed by atoms with Crippen molar-refractivity contribution in [2.24, 2.45) is 5.92 Å². The first-order valence-electron chi connectivity index (χ1n) is 5.01. The Bertz CT molecular complexity index is 381. The Hall–Kier alpha value is -1.09. The van der Waals surface area contributed by atoms with E-state index in [9.17, 15) is 4.79 Å². The van der Waals surface area contributed by atoms with E-state index in [0.29, 0.717) is 11.8 Å². The van der Waals surface area contributed by atoms with Gasteiger partial charge in [0.2, 0.25) is 0 Å². The second-order valence-corrected chi connectivity index (χ2v) is 3.97. The molecule has 0 N–H and O–H groups in total. The molecule has 0 aromatic carbocycles. The second kappa shape index (κ2) is 4.19. The van der Waals surface area contributed by atoms with E-state index in [-0.39, 0.29) is 17.8 Å². The fourth-order valence-electron chi connectivity index (χ4n) is 1.66. The lowest BCUT2D eigenvalue weighted by Gasteiger charge is -2.01. The van der Waals surface area contributed by atoms with Crippen molar-refractivity contribution in [2.75, 3.05) is 6.61 Å². The van der Waals surface area contributed by atoms with Gasteiger partial charge in [0, 0.05) is 11.6 Å². The zero-order valence-electron chi connectivity index (χ0n) is 8.44. The molecule has 1 aromatic heterocycles. The molecule has 0 spiro atoms. The summed E-state index contributed by atoms with van der Waals surface area (Å²) in [5, 5.41) is 0.474. The van der Waals surface area contributed by atoms with Crippen LogP contribution in [0.3, 0.4) is 0 Å². The van der Waals surface area contributed by atoms with Crippen LogP contribution in [0, 0.1) is 5.92 Å². The Morgan fingerprint density at radius 1 is 1.67 bits per heavy atom. The van der Waals surface area contributed by atoms with Crippen molar-refractivity contribution in [1.29, 1.82) is 0 Å². The zero-order valence-corrected chi connectivity index (χ0v) is 9.20. The van der Waals surface area contributed by atoms with Gasteiger partial charge in [-0.05, 0) is 25.5 Å². The minimum absolute atomic E-state index is 0.0177. The van der Waals surface area contributed by atoms with E-state index in [4.69, 9.17) is 16.3 Å². The lowest BCUT2D eigenvalue weighted by Crippen LogP contribution is -2.07. The van der Waals surface area contributed by atoms with E-state index in [1.807, 2.05) is 19.1 Å². The Morgan fingerprint density at radius 2 is 2.47 bits per heavy atom. The first kappa shape index (κ1) is 10.4. The Labute approximate surface area is 93.4 Å². The molecule has 1 aliphatic rings. The summed E-state index contributed by atoms with van der Waals surface area (Å²) in [7, 11) is 0. The molecule has 2 atom stereocenters. The van der Waals surface area contributed by atoms with Gasteiger partial charge in [-0.25, -0.2) is 4.98 Å². The van der Waals surface area contributed by atoms with Gasteiger partial charge in [0.25, 0.3) is 0 Å². The van der Waals surface area contributed by atoms with E-state index in [1.165, 1.54) is 0 Å². The van der Waals surface area contributed by atoms with Gasteiger partial charge in [0.15, 0.2) is 0 Å². The first-order chi connectivity index (χ1) is 7.22. The average molecular weight is 226 g/mol. The van der Waals surface area contributed by atoms with Crippen molar-refractivity contribution >= 4 is 17.6 Å². The summed E-state index contributed by atoms with van der Waals surface area (Å²) in [4.78, 5) is 15.6. The van der Waals surface area contributed by atoms with Gasteiger partial charge in [-0.2, -0.15) is 0 Å². The molecule has 1 fully saturated rings. The number of pyridine rings is 1. The van der Waals surface area contributed by atoms with Crippen molar-refractivity contribution in [3.63, 3.8) is 0 Å². The molecular formula is C11H12ClNO2. The number of nitrogens with zero attached hydrogens (tertiary/aromatic N) is 1. The smallest absolute Gasteiger partial charge is 0.309 e. The van der Waals surface area contributed by atoms with E-state index < -0.39 is 0 Å². The van der Waals surface area contributed by atoms with Crippen LogP contribution in [0.5, 0.6) is 0 Å². The minimum atomic E-state index is -0.121. The SMILES string of the molecule is CCOC(=O)[C@H]1CC1c1cccc(Cl)n1. The third-order valence-electron chi connectivity index (χ3n) is 2.50. The summed E-state index contributed by atoms with van der Waals surface area (Å²) in [5.41, 5.74) is 0.889. The lowest BCUT2D eigenvalue weighted by molar-refractivity contribution is -0.144. The number of rotatable bonds is 3. The van der Waals surface area contributed by atoms with Crippen LogP contribution in [0.15, 0.2) is 18.2 Å². The number of carbonyl (C=O) groups excluding carboxylic acids is 1. The first-order valence-corrected chi connectivity index (χ1v) is 5.39. The number of carbonyl (C=O) groups is 1. The number of esters is 1. The number of hydrogen-bond donors (Lipinski definition) is 0. The van der Waals surface area contributed by atoms with Crippen LogP contribution in [0.25, 0.3) is 0 Å². The van der Waals surface area contributed by atoms with E-state index >= 15 is 0 Å². The predicted molar refractivity (Wildman–Crippen MR) is 56.7 cm³/mol. The molecule has 0 aliphatic heterocycles. The molecule has 0 saturated heterocycles. The van der Waals surface area contributed by atoms with Gasteiger partial charge in [-0.3, -0.25) is 4.79 Å². The van der Waals surface area contributed by atoms with Gasteiger partial charge in [0.05, 0.1) is 12.5 Å². The molecule has 1 aliphatic carbocycles. The minimum Gasteiger partial charge on any atom is -0.466 e. The molecule has 2 rings (SSSR count). The van der Waals surface area contributed by atoms with Crippen molar-refractivity contribution in [2.45, 2.75) is 19.3 Å². The summed E-state index contributed by atoms with van der Waals surface area (Å²) in [6.07, 6.45) is 0.826. The molecule has 0 bridgehead atoms. The van der Waals surface area contributed by atoms with Crippen molar-refractivity contribution in [3.05, 3.63) is 29.0 Å². The largest absolute Gasteiger partial charge is 0.466 e. The molecule has 3 nitrogen and oxygen atoms in total. The third kappa shape index (κ3) is 2.29. The van der Waals surface area contributed by atoms with Gasteiger partial charge in [0.1, 0.15) is 5.15 Å². The fraction of sp³-hybridized carbons (Fsp3) is 0.455. The molecule has 80 valence electrons. The lowest BCUT2D eigenvalue weighted by atomic mass is 10.2. The van der Waals surface area contributed by atoms with Gasteiger partial charge >= 0.3 is 5.97 Å². The van der Waals surface area contributed by atoms with Crippen LogP contribution in [-0.2, 0) is 9.53 Å². The van der Waals surface area contributed by atoms with Gasteiger partial charge in [-0.1, -0.05) is 17.7 Å². The standard InChI is InChI=1S/C11H12ClNO2/c1-2-15-11(14)8-6-7(8)9-4-3-5-10(12)13-9/h3-5,7-8H,2,6H2,1H3/t7?,8-/m0/s1. The number of ether oxygens (including phenoxy) is 1. The molecule has 1 saturated carbocycles. The van der Waals surface area contributed by atoms with Crippen molar-refractivity contribution in [3.8, 4) is 0 Å². The monoisotopic (exact) mass is 225 g/mol. The predicted octanol–water partition coefficient (Wildman–Crippen LogP) is 2.40. The Morgan fingerprint density at radius 3 is 3.13 bits per heavy atom. The second-order valence-electron chi connectivity index (χ2n) is 3.59. The number of halogens is 1. The molecule has 1 heterocycles. The van der Waals surface area contributed by atoms with E-state index in [2.05, 4.69) is 4.98 Å². The van der Waals surface area contributed by atoms with Gasteiger partial charge < -0.3 is 4.74 Å². The number of aromatic nitrogens is 1. The van der Waals surface area contributed by atoms with E-state index in [1.54, 1.807) is 6.07 Å². The molecule has 4 heteroatoms. The van der Waals surface area contributed by atoms with Crippen molar-refractivity contribution in [1.82, 2.24) is 4.98 Å². The molecule has 15 heavy (non-hydrogen) atoms. The summed E-state index contributed by atoms with van der Waals surface area (Å²) >= 11 is 5.78. The van der Waals surface area contributed by atoms with Crippen LogP contribution in [0.1, 0.15) is 25.0 Å². The summed E-state index contributed by atoms with van der Waals surface area (Å²) < 4.78 is 4.95. The molecule has 1 aromatic rings. The molecule has 0 radical (unpaired) electrons. The Kier molecular flexibility index (Phi) is 2.91. The quantitative estimate of drug-likeness (QED) is 0.586. The highest BCUT2D eigenvalue weighted by Crippen LogP contribution is 2.47. The highest BCUT2D eigenvalue weighted by atomic mass is 35.5. The zero-order chi connectivity index (χ0) is 10.8. The maximum absolute atomic E-state index is 11.4. The summed E-state index contributed by atoms with van der Waals surface area (Å²) in [6.45, 7) is 2.25. The van der Waals surface area contributed by atoms with Crippen molar-refractivity contribution < 1.29 is 9.53 Å². The van der Waals surface area contributed by atoms with Crippen LogP contribution >= 0.6 is 11.6 Å². The highest BCUT2D eigenvalue weighted by molar-refractivity contribution is 6.29. The Balaban J connectivity index is 2.01. The number of hydrogen-bond acceptors (Lipinski definition) is 3.